The van der Waals surface area contributed by atoms with Crippen molar-refractivity contribution in [2.75, 3.05) is 0 Å². The van der Waals surface area contributed by atoms with Gasteiger partial charge < -0.3 is 0 Å². The van der Waals surface area contributed by atoms with E-state index in [2.05, 4.69) is 22.4 Å². The molecule has 0 saturated heterocycles. The van der Waals surface area contributed by atoms with Gasteiger partial charge in [-0.1, -0.05) is 11.6 Å². The van der Waals surface area contributed by atoms with Crippen LogP contribution >= 0.6 is 23.8 Å². The fourth-order valence-electron chi connectivity index (χ4n) is 0.812. The van der Waals surface area contributed by atoms with E-state index in [0.717, 1.165) is 0 Å². The Morgan fingerprint density at radius 3 is 2.83 bits per heavy atom. The number of rotatable bonds is 1. The first-order valence-electron chi connectivity index (χ1n) is 3.19. The third-order valence-electron chi connectivity index (χ3n) is 1.48. The topological polar surface area (TPSA) is 12.4 Å². The molecule has 0 fully saturated rings. The van der Waals surface area contributed by atoms with Crippen LogP contribution in [0.4, 0.5) is 10.1 Å². The number of benzene rings is 1. The Hall–Kier alpha value is -0.760. The summed E-state index contributed by atoms with van der Waals surface area (Å²) in [6.07, 6.45) is 0. The van der Waals surface area contributed by atoms with Crippen molar-refractivity contribution in [1.29, 1.82) is 0 Å². The maximum Gasteiger partial charge on any atom is 0.146 e. The quantitative estimate of drug-likeness (QED) is 0.500. The van der Waals surface area contributed by atoms with Gasteiger partial charge in [-0.25, -0.2) is 4.39 Å². The van der Waals surface area contributed by atoms with E-state index >= 15 is 0 Å². The highest BCUT2D eigenvalue weighted by molar-refractivity contribution is 7.78. The number of thiocarbonyl (C=S) groups is 1. The van der Waals surface area contributed by atoms with Crippen LogP contribution < -0.4 is 0 Å². The summed E-state index contributed by atoms with van der Waals surface area (Å²) in [4.78, 5) is 3.67. The Balaban J connectivity index is 3.35. The molecule has 0 unspecified atom stereocenters. The molecule has 1 rings (SSSR count). The van der Waals surface area contributed by atoms with Crippen LogP contribution in [0.25, 0.3) is 0 Å². The van der Waals surface area contributed by atoms with E-state index in [9.17, 15) is 4.39 Å². The molecule has 4 heteroatoms. The predicted molar refractivity (Wildman–Crippen MR) is 50.8 cm³/mol. The fraction of sp³-hybridized carbons (Fsp3) is 0.125. The van der Waals surface area contributed by atoms with Crippen molar-refractivity contribution in [3.63, 3.8) is 0 Å². The van der Waals surface area contributed by atoms with E-state index in [1.54, 1.807) is 13.0 Å². The van der Waals surface area contributed by atoms with E-state index in [1.807, 2.05) is 0 Å². The van der Waals surface area contributed by atoms with Crippen molar-refractivity contribution in [2.45, 2.75) is 6.92 Å². The summed E-state index contributed by atoms with van der Waals surface area (Å²) in [5, 5.41) is 2.26. The molecule has 0 N–H and O–H groups in total. The van der Waals surface area contributed by atoms with Gasteiger partial charge in [-0.05, 0) is 31.3 Å². The van der Waals surface area contributed by atoms with Gasteiger partial charge in [0.2, 0.25) is 0 Å². The van der Waals surface area contributed by atoms with Crippen molar-refractivity contribution >= 4 is 34.7 Å². The monoisotopic (exact) mass is 201 g/mol. The Kier molecular flexibility index (Phi) is 2.93. The number of aliphatic imine (C=N–C) groups is 1. The van der Waals surface area contributed by atoms with Gasteiger partial charge in [0.25, 0.3) is 0 Å². The van der Waals surface area contributed by atoms with Crippen molar-refractivity contribution in [3.8, 4) is 0 Å². The summed E-state index contributed by atoms with van der Waals surface area (Å²) in [6.45, 7) is 1.59. The van der Waals surface area contributed by atoms with Crippen LogP contribution in [0.1, 0.15) is 5.56 Å². The standard InChI is InChI=1S/C8H5ClFNS/c1-5-7(11-4-12)3-2-6(9)8(5)10/h2-3H,1H3. The molecule has 0 saturated carbocycles. The number of nitrogens with zero attached hydrogens (tertiary/aromatic N) is 1. The van der Waals surface area contributed by atoms with Crippen LogP contribution in [0, 0.1) is 12.7 Å². The van der Waals surface area contributed by atoms with Gasteiger partial charge in [-0.2, -0.15) is 4.99 Å². The van der Waals surface area contributed by atoms with Gasteiger partial charge in [-0.3, -0.25) is 0 Å². The highest BCUT2D eigenvalue weighted by atomic mass is 35.5. The zero-order chi connectivity index (χ0) is 9.14. The van der Waals surface area contributed by atoms with Crippen molar-refractivity contribution in [2.24, 2.45) is 4.99 Å². The van der Waals surface area contributed by atoms with E-state index in [-0.39, 0.29) is 5.02 Å². The van der Waals surface area contributed by atoms with Crippen molar-refractivity contribution in [3.05, 3.63) is 28.5 Å². The maximum atomic E-state index is 13.1. The summed E-state index contributed by atoms with van der Waals surface area (Å²) in [5.74, 6) is -0.455. The lowest BCUT2D eigenvalue weighted by Crippen LogP contribution is -1.83. The van der Waals surface area contributed by atoms with E-state index in [4.69, 9.17) is 11.6 Å². The fourth-order valence-corrected chi connectivity index (χ4v) is 1.12. The highest BCUT2D eigenvalue weighted by Crippen LogP contribution is 2.26. The van der Waals surface area contributed by atoms with Crippen molar-refractivity contribution < 1.29 is 4.39 Å². The van der Waals surface area contributed by atoms with Crippen LogP contribution in [0.15, 0.2) is 17.1 Å². The second-order valence-electron chi connectivity index (χ2n) is 2.21. The average molecular weight is 202 g/mol. The SMILES string of the molecule is Cc1c(N=C=S)ccc(Cl)c1F. The minimum absolute atomic E-state index is 0.0934. The molecule has 0 aromatic heterocycles. The Morgan fingerprint density at radius 2 is 2.25 bits per heavy atom. The molecule has 0 aliphatic rings. The molecule has 0 aliphatic heterocycles. The predicted octanol–water partition coefficient (Wildman–Crippen LogP) is 3.52. The summed E-state index contributed by atoms with van der Waals surface area (Å²) >= 11 is 9.92. The number of halogens is 2. The zero-order valence-electron chi connectivity index (χ0n) is 6.27. The summed E-state index contributed by atoms with van der Waals surface area (Å²) in [5.41, 5.74) is 0.853. The van der Waals surface area contributed by atoms with Gasteiger partial charge in [-0.15, -0.1) is 0 Å². The average Bonchev–Trinajstić information content (AvgIpc) is 2.07. The van der Waals surface area contributed by atoms with Gasteiger partial charge in [0, 0.05) is 5.56 Å². The first-order valence-corrected chi connectivity index (χ1v) is 3.98. The first-order chi connectivity index (χ1) is 5.66. The van der Waals surface area contributed by atoms with Crippen LogP contribution in [0.3, 0.4) is 0 Å². The molecule has 62 valence electrons. The van der Waals surface area contributed by atoms with Gasteiger partial charge >= 0.3 is 0 Å². The van der Waals surface area contributed by atoms with Crippen LogP contribution in [-0.2, 0) is 0 Å². The molecule has 0 bridgehead atoms. The van der Waals surface area contributed by atoms with Gasteiger partial charge in [0.1, 0.15) is 5.82 Å². The lowest BCUT2D eigenvalue weighted by Gasteiger charge is -2.00. The van der Waals surface area contributed by atoms with Gasteiger partial charge in [0.05, 0.1) is 15.9 Å². The van der Waals surface area contributed by atoms with Crippen molar-refractivity contribution in [1.82, 2.24) is 0 Å². The van der Waals surface area contributed by atoms with E-state index in [1.165, 1.54) is 6.07 Å². The molecule has 1 nitrogen and oxygen atoms in total. The lowest BCUT2D eigenvalue weighted by molar-refractivity contribution is 0.619. The number of hydrogen-bond acceptors (Lipinski definition) is 2. The molecule has 0 atom stereocenters. The summed E-state index contributed by atoms with van der Waals surface area (Å²) in [6, 6.07) is 3.04. The molecule has 12 heavy (non-hydrogen) atoms. The molecule has 1 aromatic rings. The van der Waals surface area contributed by atoms with Crippen LogP contribution in [0.5, 0.6) is 0 Å². The Morgan fingerprint density at radius 1 is 1.58 bits per heavy atom. The molecule has 1 aromatic carbocycles. The molecule has 0 aliphatic carbocycles. The second kappa shape index (κ2) is 3.76. The van der Waals surface area contributed by atoms with E-state index in [0.29, 0.717) is 11.3 Å². The summed E-state index contributed by atoms with van der Waals surface area (Å²) < 4.78 is 13.1. The Bertz CT molecular complexity index is 358. The number of isothiocyanates is 1. The smallest absolute Gasteiger partial charge is 0.146 e. The molecule has 0 amide bonds. The van der Waals surface area contributed by atoms with Gasteiger partial charge in [0.15, 0.2) is 0 Å². The molecular weight excluding hydrogens is 197 g/mol. The maximum absolute atomic E-state index is 13.1. The lowest BCUT2D eigenvalue weighted by atomic mass is 10.2. The zero-order valence-corrected chi connectivity index (χ0v) is 7.84. The summed E-state index contributed by atoms with van der Waals surface area (Å²) in [7, 11) is 0. The number of hydrogen-bond donors (Lipinski definition) is 0. The highest BCUT2D eigenvalue weighted by Gasteiger charge is 2.06. The largest absolute Gasteiger partial charge is 0.205 e. The molecule has 0 heterocycles. The first kappa shape index (κ1) is 9.33. The molecule has 0 spiro atoms. The second-order valence-corrected chi connectivity index (χ2v) is 2.80. The third-order valence-corrected chi connectivity index (χ3v) is 1.86. The van der Waals surface area contributed by atoms with Crippen LogP contribution in [-0.4, -0.2) is 5.16 Å². The van der Waals surface area contributed by atoms with Crippen LogP contribution in [0.2, 0.25) is 5.02 Å². The third kappa shape index (κ3) is 1.69. The molecule has 0 radical (unpaired) electrons. The van der Waals surface area contributed by atoms with E-state index < -0.39 is 5.82 Å². The minimum atomic E-state index is -0.455. The Labute approximate surface area is 79.9 Å². The molecular formula is C8H5ClFNS. The minimum Gasteiger partial charge on any atom is -0.205 e. The normalized spacial score (nSPS) is 9.25.